The predicted octanol–water partition coefficient (Wildman–Crippen LogP) is 2.66. The van der Waals surface area contributed by atoms with Gasteiger partial charge in [0.05, 0.1) is 0 Å². The van der Waals surface area contributed by atoms with E-state index in [4.69, 9.17) is 0 Å². The summed E-state index contributed by atoms with van der Waals surface area (Å²) in [7, 11) is 0. The van der Waals surface area contributed by atoms with Crippen LogP contribution in [0.25, 0.3) is 0 Å². The van der Waals surface area contributed by atoms with E-state index in [0.717, 1.165) is 12.3 Å². The second kappa shape index (κ2) is 3.35. The SMILES string of the molecule is CC1(C)CSc2ccccc2CN1. The van der Waals surface area contributed by atoms with Crippen LogP contribution in [0, 0.1) is 0 Å². The Bertz CT molecular complexity index is 278. The molecule has 1 aliphatic heterocycles. The highest BCUT2D eigenvalue weighted by molar-refractivity contribution is 7.99. The number of thioether (sulfide) groups is 1. The molecule has 2 rings (SSSR count). The van der Waals surface area contributed by atoms with Crippen LogP contribution in [0.2, 0.25) is 0 Å². The number of hydrogen-bond acceptors (Lipinski definition) is 2. The van der Waals surface area contributed by atoms with Crippen molar-refractivity contribution in [1.82, 2.24) is 5.32 Å². The molecular formula is C11H15NS. The Balaban J connectivity index is 2.27. The van der Waals surface area contributed by atoms with Gasteiger partial charge in [0.15, 0.2) is 0 Å². The van der Waals surface area contributed by atoms with Gasteiger partial charge in [0, 0.05) is 22.7 Å². The second-order valence-electron chi connectivity index (χ2n) is 4.13. The average molecular weight is 193 g/mol. The Morgan fingerprint density at radius 3 is 2.92 bits per heavy atom. The Morgan fingerprint density at radius 2 is 2.08 bits per heavy atom. The Hall–Kier alpha value is -0.470. The molecule has 0 spiro atoms. The van der Waals surface area contributed by atoms with Crippen LogP contribution >= 0.6 is 11.8 Å². The number of benzene rings is 1. The van der Waals surface area contributed by atoms with Gasteiger partial charge < -0.3 is 5.32 Å². The molecule has 0 bridgehead atoms. The summed E-state index contributed by atoms with van der Waals surface area (Å²) >= 11 is 1.95. The minimum absolute atomic E-state index is 0.254. The zero-order valence-corrected chi connectivity index (χ0v) is 8.95. The van der Waals surface area contributed by atoms with Crippen molar-refractivity contribution in [3.63, 3.8) is 0 Å². The Morgan fingerprint density at radius 1 is 1.31 bits per heavy atom. The monoisotopic (exact) mass is 193 g/mol. The first-order valence-corrected chi connectivity index (χ1v) is 5.62. The molecule has 0 saturated heterocycles. The predicted molar refractivity (Wildman–Crippen MR) is 58.1 cm³/mol. The topological polar surface area (TPSA) is 12.0 Å². The maximum absolute atomic E-state index is 3.56. The molecule has 0 saturated carbocycles. The Kier molecular flexibility index (Phi) is 2.35. The summed E-state index contributed by atoms with van der Waals surface area (Å²) in [5.41, 5.74) is 1.68. The van der Waals surface area contributed by atoms with Gasteiger partial charge in [0.1, 0.15) is 0 Å². The van der Waals surface area contributed by atoms with E-state index in [0.29, 0.717) is 0 Å². The molecule has 1 heterocycles. The number of fused-ring (bicyclic) bond motifs is 1. The summed E-state index contributed by atoms with van der Waals surface area (Å²) in [5, 5.41) is 3.56. The van der Waals surface area contributed by atoms with Crippen molar-refractivity contribution in [2.45, 2.75) is 30.8 Å². The second-order valence-corrected chi connectivity index (χ2v) is 5.15. The van der Waals surface area contributed by atoms with E-state index >= 15 is 0 Å². The smallest absolute Gasteiger partial charge is 0.0222 e. The largest absolute Gasteiger partial charge is 0.307 e. The van der Waals surface area contributed by atoms with E-state index in [2.05, 4.69) is 43.4 Å². The fourth-order valence-electron chi connectivity index (χ4n) is 1.43. The fraction of sp³-hybridized carbons (Fsp3) is 0.455. The van der Waals surface area contributed by atoms with E-state index in [1.807, 2.05) is 11.8 Å². The zero-order valence-electron chi connectivity index (χ0n) is 8.13. The zero-order chi connectivity index (χ0) is 9.31. The van der Waals surface area contributed by atoms with Crippen molar-refractivity contribution in [3.8, 4) is 0 Å². The molecule has 0 aromatic heterocycles. The molecule has 0 amide bonds. The third kappa shape index (κ3) is 2.06. The normalized spacial score (nSPS) is 20.5. The molecule has 0 radical (unpaired) electrons. The molecule has 0 atom stereocenters. The first-order valence-electron chi connectivity index (χ1n) is 4.63. The van der Waals surface area contributed by atoms with E-state index < -0.39 is 0 Å². The first-order chi connectivity index (χ1) is 6.17. The van der Waals surface area contributed by atoms with Gasteiger partial charge >= 0.3 is 0 Å². The van der Waals surface area contributed by atoms with Crippen molar-refractivity contribution >= 4 is 11.8 Å². The van der Waals surface area contributed by atoms with Gasteiger partial charge in [-0.05, 0) is 25.5 Å². The van der Waals surface area contributed by atoms with Crippen molar-refractivity contribution in [2.75, 3.05) is 5.75 Å². The van der Waals surface area contributed by atoms with Gasteiger partial charge in [-0.15, -0.1) is 11.8 Å². The fourth-order valence-corrected chi connectivity index (χ4v) is 2.55. The van der Waals surface area contributed by atoms with Gasteiger partial charge in [0.2, 0.25) is 0 Å². The van der Waals surface area contributed by atoms with Crippen molar-refractivity contribution < 1.29 is 0 Å². The molecule has 1 aromatic rings. The summed E-state index contributed by atoms with van der Waals surface area (Å²) in [4.78, 5) is 1.43. The molecule has 0 unspecified atom stereocenters. The molecule has 1 nitrogen and oxygen atoms in total. The molecule has 0 fully saturated rings. The van der Waals surface area contributed by atoms with Crippen molar-refractivity contribution in [2.24, 2.45) is 0 Å². The van der Waals surface area contributed by atoms with E-state index in [1.54, 1.807) is 0 Å². The molecule has 0 aliphatic carbocycles. The van der Waals surface area contributed by atoms with Gasteiger partial charge in [0.25, 0.3) is 0 Å². The van der Waals surface area contributed by atoms with Crippen LogP contribution < -0.4 is 5.32 Å². The summed E-state index contributed by atoms with van der Waals surface area (Å²) in [6, 6.07) is 8.64. The van der Waals surface area contributed by atoms with Crippen LogP contribution in [0.4, 0.5) is 0 Å². The van der Waals surface area contributed by atoms with E-state index in [1.165, 1.54) is 10.5 Å². The lowest BCUT2D eigenvalue weighted by molar-refractivity contribution is 0.435. The first kappa shape index (κ1) is 9.10. The van der Waals surface area contributed by atoms with Gasteiger partial charge in [-0.3, -0.25) is 0 Å². The van der Waals surface area contributed by atoms with Gasteiger partial charge in [-0.1, -0.05) is 18.2 Å². The van der Waals surface area contributed by atoms with Crippen LogP contribution in [0.1, 0.15) is 19.4 Å². The van der Waals surface area contributed by atoms with Crippen LogP contribution in [0.15, 0.2) is 29.2 Å². The number of hydrogen-bond donors (Lipinski definition) is 1. The summed E-state index contributed by atoms with van der Waals surface area (Å²) in [5.74, 6) is 1.14. The molecule has 70 valence electrons. The third-order valence-electron chi connectivity index (χ3n) is 2.32. The van der Waals surface area contributed by atoms with Crippen LogP contribution in [-0.4, -0.2) is 11.3 Å². The molecule has 13 heavy (non-hydrogen) atoms. The molecular weight excluding hydrogens is 178 g/mol. The maximum Gasteiger partial charge on any atom is 0.0222 e. The minimum Gasteiger partial charge on any atom is -0.307 e. The summed E-state index contributed by atoms with van der Waals surface area (Å²) in [6.45, 7) is 5.51. The van der Waals surface area contributed by atoms with Crippen molar-refractivity contribution in [3.05, 3.63) is 29.8 Å². The highest BCUT2D eigenvalue weighted by Crippen LogP contribution is 2.29. The van der Waals surface area contributed by atoms with Crippen LogP contribution in [0.5, 0.6) is 0 Å². The third-order valence-corrected chi connectivity index (χ3v) is 3.89. The average Bonchev–Trinajstić information content (AvgIpc) is 2.27. The van der Waals surface area contributed by atoms with E-state index in [-0.39, 0.29) is 5.54 Å². The lowest BCUT2D eigenvalue weighted by Crippen LogP contribution is -2.39. The van der Waals surface area contributed by atoms with Gasteiger partial charge in [-0.25, -0.2) is 0 Å². The molecule has 2 heteroatoms. The van der Waals surface area contributed by atoms with Crippen molar-refractivity contribution in [1.29, 1.82) is 0 Å². The summed E-state index contributed by atoms with van der Waals surface area (Å²) in [6.07, 6.45) is 0. The number of nitrogens with one attached hydrogen (secondary N) is 1. The lowest BCUT2D eigenvalue weighted by atomic mass is 10.1. The molecule has 1 N–H and O–H groups in total. The van der Waals surface area contributed by atoms with Crippen LogP contribution in [0.3, 0.4) is 0 Å². The molecule has 1 aliphatic rings. The highest BCUT2D eigenvalue weighted by atomic mass is 32.2. The standard InChI is InChI=1S/C11H15NS/c1-11(2)8-13-10-6-4-3-5-9(10)7-12-11/h3-6,12H,7-8H2,1-2H3. The number of rotatable bonds is 0. The lowest BCUT2D eigenvalue weighted by Gasteiger charge is -2.22. The highest BCUT2D eigenvalue weighted by Gasteiger charge is 2.21. The summed E-state index contributed by atoms with van der Waals surface area (Å²) < 4.78 is 0. The van der Waals surface area contributed by atoms with Crippen LogP contribution in [-0.2, 0) is 6.54 Å². The molecule has 1 aromatic carbocycles. The van der Waals surface area contributed by atoms with Gasteiger partial charge in [-0.2, -0.15) is 0 Å². The quantitative estimate of drug-likeness (QED) is 0.680. The Labute approximate surface area is 83.9 Å². The maximum atomic E-state index is 3.56. The minimum atomic E-state index is 0.254. The van der Waals surface area contributed by atoms with E-state index in [9.17, 15) is 0 Å².